The predicted molar refractivity (Wildman–Crippen MR) is 103 cm³/mol. The fourth-order valence-electron chi connectivity index (χ4n) is 3.12. The zero-order chi connectivity index (χ0) is 19.0. The molecule has 3 N–H and O–H groups in total. The van der Waals surface area contributed by atoms with E-state index in [1.165, 1.54) is 0 Å². The first-order valence-corrected chi connectivity index (χ1v) is 8.65. The van der Waals surface area contributed by atoms with E-state index in [-0.39, 0.29) is 17.7 Å². The van der Waals surface area contributed by atoms with Gasteiger partial charge in [0.1, 0.15) is 5.52 Å². The number of benzene rings is 3. The maximum atomic E-state index is 14.5. The average molecular weight is 363 g/mol. The van der Waals surface area contributed by atoms with E-state index in [1.54, 1.807) is 13.0 Å². The summed E-state index contributed by atoms with van der Waals surface area (Å²) >= 11 is 0. The van der Waals surface area contributed by atoms with E-state index in [4.69, 9.17) is 5.11 Å². The zero-order valence-electron chi connectivity index (χ0n) is 14.7. The van der Waals surface area contributed by atoms with Crippen LogP contribution in [-0.4, -0.2) is 33.9 Å². The minimum atomic E-state index is -0.572. The highest BCUT2D eigenvalue weighted by atomic mass is 19.1. The van der Waals surface area contributed by atoms with E-state index in [0.29, 0.717) is 11.1 Å². The van der Waals surface area contributed by atoms with Crippen molar-refractivity contribution in [3.8, 4) is 11.3 Å². The summed E-state index contributed by atoms with van der Waals surface area (Å²) in [5.41, 5.74) is 1.88. The molecule has 0 aliphatic carbocycles. The van der Waals surface area contributed by atoms with Gasteiger partial charge in [0.2, 0.25) is 0 Å². The number of amides is 1. The maximum absolute atomic E-state index is 14.5. The Morgan fingerprint density at radius 2 is 1.96 bits per heavy atom. The average Bonchev–Trinajstić information content (AvgIpc) is 3.12. The molecule has 0 saturated heterocycles. The lowest BCUT2D eigenvalue weighted by molar-refractivity contribution is 0.0922. The van der Waals surface area contributed by atoms with Crippen LogP contribution in [0.15, 0.2) is 54.6 Å². The zero-order valence-corrected chi connectivity index (χ0v) is 14.7. The summed E-state index contributed by atoms with van der Waals surface area (Å²) in [6.07, 6.45) is 0. The molecule has 1 heterocycles. The molecule has 0 aliphatic rings. The second-order valence-corrected chi connectivity index (χ2v) is 6.57. The molecule has 1 aromatic heterocycles. The Morgan fingerprint density at radius 1 is 1.19 bits per heavy atom. The molecule has 3 aromatic carbocycles. The molecule has 6 heteroatoms. The van der Waals surface area contributed by atoms with E-state index >= 15 is 0 Å². The highest BCUT2D eigenvalue weighted by molar-refractivity contribution is 6.02. The summed E-state index contributed by atoms with van der Waals surface area (Å²) in [6, 6.07) is 16.3. The summed E-state index contributed by atoms with van der Waals surface area (Å²) in [5, 5.41) is 21.4. The normalized spacial score (nSPS) is 12.4. The summed E-state index contributed by atoms with van der Waals surface area (Å²) < 4.78 is 14.5. The van der Waals surface area contributed by atoms with E-state index in [9.17, 15) is 9.18 Å². The van der Waals surface area contributed by atoms with Crippen molar-refractivity contribution in [1.82, 2.24) is 15.5 Å². The Morgan fingerprint density at radius 3 is 2.74 bits per heavy atom. The van der Waals surface area contributed by atoms with Gasteiger partial charge in [-0.1, -0.05) is 36.4 Å². The third-order valence-electron chi connectivity index (χ3n) is 4.56. The molecule has 0 bridgehead atoms. The van der Waals surface area contributed by atoms with Gasteiger partial charge in [0, 0.05) is 22.6 Å². The summed E-state index contributed by atoms with van der Waals surface area (Å²) in [4.78, 5) is 12.3. The number of H-pyrrole nitrogens is 1. The number of fused-ring (bicyclic) bond motifs is 2. The maximum Gasteiger partial charge on any atom is 0.251 e. The molecule has 0 aliphatic heterocycles. The molecule has 0 saturated carbocycles. The van der Waals surface area contributed by atoms with Crippen molar-refractivity contribution >= 4 is 27.6 Å². The van der Waals surface area contributed by atoms with Gasteiger partial charge in [-0.05, 0) is 35.9 Å². The van der Waals surface area contributed by atoms with Gasteiger partial charge in [0.05, 0.1) is 12.3 Å². The monoisotopic (exact) mass is 363 g/mol. The number of aliphatic hydroxyl groups is 1. The minimum absolute atomic E-state index is 0.184. The fraction of sp³-hybridized carbons (Fsp3) is 0.143. The number of aromatic nitrogens is 2. The van der Waals surface area contributed by atoms with Crippen molar-refractivity contribution in [2.24, 2.45) is 0 Å². The molecule has 0 unspecified atom stereocenters. The molecule has 4 aromatic rings. The van der Waals surface area contributed by atoms with Crippen LogP contribution in [0.2, 0.25) is 0 Å². The largest absolute Gasteiger partial charge is 0.394 e. The molecule has 1 atom stereocenters. The number of hydrogen-bond acceptors (Lipinski definition) is 3. The molecule has 1 amide bonds. The Kier molecular flexibility index (Phi) is 4.33. The molecule has 27 heavy (non-hydrogen) atoms. The van der Waals surface area contributed by atoms with Crippen LogP contribution >= 0.6 is 0 Å². The smallest absolute Gasteiger partial charge is 0.251 e. The standard InChI is InChI=1S/C21H18FN3O2/c1-12(11-26)23-21(27)16-9-17-19(24-25-20(17)18(22)10-16)15-7-6-13-4-2-3-5-14(13)8-15/h2-10,12,26H,11H2,1H3,(H,23,27)(H,24,25)/t12-/m0/s1. The molecule has 0 radical (unpaired) electrons. The van der Waals surface area contributed by atoms with E-state index in [1.807, 2.05) is 42.5 Å². The first-order chi connectivity index (χ1) is 13.1. The van der Waals surface area contributed by atoms with Crippen molar-refractivity contribution in [2.45, 2.75) is 13.0 Å². The third-order valence-corrected chi connectivity index (χ3v) is 4.56. The molecular weight excluding hydrogens is 345 g/mol. The van der Waals surface area contributed by atoms with Crippen LogP contribution in [0, 0.1) is 5.82 Å². The predicted octanol–water partition coefficient (Wildman–Crippen LogP) is 3.63. The van der Waals surface area contributed by atoms with Gasteiger partial charge < -0.3 is 10.4 Å². The van der Waals surface area contributed by atoms with Crippen LogP contribution in [0.5, 0.6) is 0 Å². The quantitative estimate of drug-likeness (QED) is 0.518. The molecule has 136 valence electrons. The van der Waals surface area contributed by atoms with Crippen molar-refractivity contribution in [1.29, 1.82) is 0 Å². The number of hydrogen-bond donors (Lipinski definition) is 3. The minimum Gasteiger partial charge on any atom is -0.394 e. The summed E-state index contributed by atoms with van der Waals surface area (Å²) in [7, 11) is 0. The highest BCUT2D eigenvalue weighted by Crippen LogP contribution is 2.30. The van der Waals surface area contributed by atoms with Crippen LogP contribution in [0.1, 0.15) is 17.3 Å². The van der Waals surface area contributed by atoms with Gasteiger partial charge in [-0.25, -0.2) is 4.39 Å². The molecule has 4 rings (SSSR count). The van der Waals surface area contributed by atoms with Gasteiger partial charge in [-0.15, -0.1) is 0 Å². The Bertz CT molecular complexity index is 1150. The lowest BCUT2D eigenvalue weighted by Crippen LogP contribution is -2.35. The molecule has 0 spiro atoms. The fourth-order valence-corrected chi connectivity index (χ4v) is 3.12. The molecule has 5 nitrogen and oxygen atoms in total. The molecular formula is C21H18FN3O2. The number of carbonyl (C=O) groups is 1. The Hall–Kier alpha value is -3.25. The van der Waals surface area contributed by atoms with Crippen LogP contribution in [0.25, 0.3) is 32.9 Å². The first-order valence-electron chi connectivity index (χ1n) is 8.65. The topological polar surface area (TPSA) is 78.0 Å². The number of carbonyl (C=O) groups excluding carboxylic acids is 1. The Balaban J connectivity index is 1.82. The first kappa shape index (κ1) is 17.2. The van der Waals surface area contributed by atoms with Crippen LogP contribution in [-0.2, 0) is 0 Å². The van der Waals surface area contributed by atoms with E-state index < -0.39 is 17.8 Å². The van der Waals surface area contributed by atoms with Gasteiger partial charge >= 0.3 is 0 Å². The van der Waals surface area contributed by atoms with Crippen molar-refractivity contribution in [3.63, 3.8) is 0 Å². The van der Waals surface area contributed by atoms with Crippen molar-refractivity contribution in [3.05, 3.63) is 66.0 Å². The van der Waals surface area contributed by atoms with Crippen LogP contribution in [0.3, 0.4) is 0 Å². The van der Waals surface area contributed by atoms with E-state index in [0.717, 1.165) is 22.4 Å². The number of nitrogens with one attached hydrogen (secondary N) is 2. The van der Waals surface area contributed by atoms with Crippen molar-refractivity contribution in [2.75, 3.05) is 6.61 Å². The second-order valence-electron chi connectivity index (χ2n) is 6.57. The number of nitrogens with zero attached hydrogens (tertiary/aromatic N) is 1. The van der Waals surface area contributed by atoms with Crippen molar-refractivity contribution < 1.29 is 14.3 Å². The van der Waals surface area contributed by atoms with Crippen LogP contribution in [0.4, 0.5) is 4.39 Å². The number of aliphatic hydroxyl groups excluding tert-OH is 1. The second kappa shape index (κ2) is 6.81. The van der Waals surface area contributed by atoms with E-state index in [2.05, 4.69) is 15.5 Å². The Labute approximate surface area is 154 Å². The third kappa shape index (κ3) is 3.15. The number of rotatable bonds is 4. The van der Waals surface area contributed by atoms with Gasteiger partial charge in [0.15, 0.2) is 5.82 Å². The van der Waals surface area contributed by atoms with Gasteiger partial charge in [-0.3, -0.25) is 9.89 Å². The van der Waals surface area contributed by atoms with Crippen LogP contribution < -0.4 is 5.32 Å². The SMILES string of the molecule is C[C@@H](CO)NC(=O)c1cc(F)c2n[nH]c(-c3ccc4ccccc4c3)c2c1. The lowest BCUT2D eigenvalue weighted by atomic mass is 10.0. The lowest BCUT2D eigenvalue weighted by Gasteiger charge is -2.11. The number of aromatic amines is 1. The van der Waals surface area contributed by atoms with Gasteiger partial charge in [0.25, 0.3) is 5.91 Å². The van der Waals surface area contributed by atoms with Gasteiger partial charge in [-0.2, -0.15) is 5.10 Å². The summed E-state index contributed by atoms with van der Waals surface area (Å²) in [6.45, 7) is 1.48. The number of halogens is 1. The highest BCUT2D eigenvalue weighted by Gasteiger charge is 2.17. The molecule has 0 fully saturated rings. The summed E-state index contributed by atoms with van der Waals surface area (Å²) in [5.74, 6) is -1.01.